The summed E-state index contributed by atoms with van der Waals surface area (Å²) in [4.78, 5) is 4.21. The summed E-state index contributed by atoms with van der Waals surface area (Å²) in [6, 6.07) is 9.65. The number of anilines is 1. The van der Waals surface area contributed by atoms with Crippen LogP contribution in [-0.4, -0.2) is 4.98 Å². The minimum atomic E-state index is -0.250. The van der Waals surface area contributed by atoms with E-state index in [1.165, 1.54) is 5.56 Å². The topological polar surface area (TPSA) is 57.4 Å². The molecule has 21 heavy (non-hydrogen) atoms. The first-order valence-electron chi connectivity index (χ1n) is 7.34. The van der Waals surface area contributed by atoms with Crippen molar-refractivity contribution in [2.45, 2.75) is 38.9 Å². The summed E-state index contributed by atoms with van der Waals surface area (Å²) in [5.41, 5.74) is 8.39. The number of pyridine rings is 1. The highest BCUT2D eigenvalue weighted by atomic mass is 16.5. The van der Waals surface area contributed by atoms with Crippen molar-refractivity contribution in [1.82, 2.24) is 4.98 Å². The van der Waals surface area contributed by atoms with Crippen LogP contribution >= 0.6 is 0 Å². The van der Waals surface area contributed by atoms with Crippen molar-refractivity contribution in [2.75, 3.05) is 5.73 Å². The number of hydrogen-bond acceptors (Lipinski definition) is 4. The van der Waals surface area contributed by atoms with E-state index in [1.54, 1.807) is 18.3 Å². The van der Waals surface area contributed by atoms with Crippen LogP contribution in [0.25, 0.3) is 0 Å². The molecular formula is C17H20N2O2. The first kappa shape index (κ1) is 13.9. The van der Waals surface area contributed by atoms with Crippen molar-refractivity contribution in [3.05, 3.63) is 47.7 Å². The van der Waals surface area contributed by atoms with Gasteiger partial charge in [0, 0.05) is 11.6 Å². The average molecular weight is 284 g/mol. The Labute approximate surface area is 124 Å². The highest BCUT2D eigenvalue weighted by Gasteiger charge is 2.39. The van der Waals surface area contributed by atoms with Gasteiger partial charge in [0.15, 0.2) is 0 Å². The van der Waals surface area contributed by atoms with Crippen molar-refractivity contribution in [3.63, 3.8) is 0 Å². The molecule has 4 heteroatoms. The summed E-state index contributed by atoms with van der Waals surface area (Å²) in [6.07, 6.45) is 3.44. The number of hydrogen-bond donors (Lipinski definition) is 1. The second-order valence-electron chi connectivity index (χ2n) is 5.31. The smallest absolute Gasteiger partial charge is 0.219 e. The lowest BCUT2D eigenvalue weighted by atomic mass is 9.87. The summed E-state index contributed by atoms with van der Waals surface area (Å²) in [6.45, 7) is 4.94. The zero-order valence-corrected chi connectivity index (χ0v) is 12.4. The van der Waals surface area contributed by atoms with Crippen LogP contribution in [0.5, 0.6) is 11.6 Å². The average Bonchev–Trinajstić information content (AvgIpc) is 2.90. The van der Waals surface area contributed by atoms with E-state index in [-0.39, 0.29) is 5.60 Å². The molecule has 0 saturated heterocycles. The maximum atomic E-state index is 6.09. The molecule has 0 atom stereocenters. The van der Waals surface area contributed by atoms with Crippen LogP contribution in [0.1, 0.15) is 37.8 Å². The molecule has 0 bridgehead atoms. The second kappa shape index (κ2) is 5.37. The normalized spacial score (nSPS) is 15.7. The largest absolute Gasteiger partial charge is 0.439 e. The van der Waals surface area contributed by atoms with E-state index in [4.69, 9.17) is 15.2 Å². The number of aromatic nitrogens is 1. The van der Waals surface area contributed by atoms with Gasteiger partial charge in [0.05, 0.1) is 24.1 Å². The lowest BCUT2D eigenvalue weighted by Gasteiger charge is -2.28. The third-order valence-corrected chi connectivity index (χ3v) is 4.19. The van der Waals surface area contributed by atoms with Gasteiger partial charge in [-0.25, -0.2) is 4.98 Å². The van der Waals surface area contributed by atoms with Crippen LogP contribution in [0.2, 0.25) is 0 Å². The number of ether oxygens (including phenoxy) is 2. The van der Waals surface area contributed by atoms with E-state index >= 15 is 0 Å². The Kier molecular flexibility index (Phi) is 3.55. The van der Waals surface area contributed by atoms with Crippen LogP contribution in [0.4, 0.5) is 5.69 Å². The summed E-state index contributed by atoms with van der Waals surface area (Å²) in [7, 11) is 0. The molecule has 1 aromatic heterocycles. The van der Waals surface area contributed by atoms with Gasteiger partial charge in [-0.2, -0.15) is 0 Å². The minimum Gasteiger partial charge on any atom is -0.439 e. The van der Waals surface area contributed by atoms with Gasteiger partial charge < -0.3 is 15.2 Å². The van der Waals surface area contributed by atoms with Crippen molar-refractivity contribution >= 4 is 5.69 Å². The van der Waals surface area contributed by atoms with E-state index in [1.807, 2.05) is 12.1 Å². The molecule has 0 unspecified atom stereocenters. The zero-order chi connectivity index (χ0) is 14.9. The maximum Gasteiger partial charge on any atom is 0.219 e. The van der Waals surface area contributed by atoms with Crippen molar-refractivity contribution < 1.29 is 9.47 Å². The summed E-state index contributed by atoms with van der Waals surface area (Å²) >= 11 is 0. The highest BCUT2D eigenvalue weighted by molar-refractivity contribution is 5.48. The summed E-state index contributed by atoms with van der Waals surface area (Å²) in [5.74, 6) is 1.37. The van der Waals surface area contributed by atoms with E-state index in [9.17, 15) is 0 Å². The molecule has 3 rings (SSSR count). The third-order valence-electron chi connectivity index (χ3n) is 4.19. The Morgan fingerprint density at radius 2 is 2.05 bits per heavy atom. The molecular weight excluding hydrogens is 264 g/mol. The number of nitrogens with two attached hydrogens (primary N) is 1. The van der Waals surface area contributed by atoms with Crippen molar-refractivity contribution in [3.8, 4) is 11.6 Å². The van der Waals surface area contributed by atoms with E-state index in [0.29, 0.717) is 18.2 Å². The molecule has 4 nitrogen and oxygen atoms in total. The maximum absolute atomic E-state index is 6.09. The fourth-order valence-corrected chi connectivity index (χ4v) is 2.96. The second-order valence-corrected chi connectivity index (χ2v) is 5.31. The molecule has 2 heterocycles. The minimum absolute atomic E-state index is 0.250. The van der Waals surface area contributed by atoms with Gasteiger partial charge in [-0.3, -0.25) is 0 Å². The molecule has 2 N–H and O–H groups in total. The highest BCUT2D eigenvalue weighted by Crippen LogP contribution is 2.47. The number of nitrogens with zero attached hydrogens (tertiary/aromatic N) is 1. The summed E-state index contributed by atoms with van der Waals surface area (Å²) < 4.78 is 12.1. The van der Waals surface area contributed by atoms with Crippen LogP contribution in [0.3, 0.4) is 0 Å². The fourth-order valence-electron chi connectivity index (χ4n) is 2.96. The molecule has 1 aliphatic rings. The quantitative estimate of drug-likeness (QED) is 0.922. The Morgan fingerprint density at radius 3 is 2.71 bits per heavy atom. The molecule has 0 amide bonds. The van der Waals surface area contributed by atoms with Gasteiger partial charge in [-0.05, 0) is 30.5 Å². The van der Waals surface area contributed by atoms with E-state index in [0.717, 1.165) is 24.2 Å². The lowest BCUT2D eigenvalue weighted by Crippen LogP contribution is -2.23. The number of fused-ring (bicyclic) bond motifs is 1. The Morgan fingerprint density at radius 1 is 1.24 bits per heavy atom. The third kappa shape index (κ3) is 2.36. The van der Waals surface area contributed by atoms with Crippen molar-refractivity contribution in [1.29, 1.82) is 0 Å². The molecule has 0 aliphatic carbocycles. The Balaban J connectivity index is 2.01. The fraction of sp³-hybridized carbons (Fsp3) is 0.353. The van der Waals surface area contributed by atoms with Crippen LogP contribution in [0.15, 0.2) is 36.5 Å². The van der Waals surface area contributed by atoms with Gasteiger partial charge in [0.1, 0.15) is 5.75 Å². The first-order valence-corrected chi connectivity index (χ1v) is 7.34. The molecule has 110 valence electrons. The van der Waals surface area contributed by atoms with Crippen LogP contribution in [-0.2, 0) is 16.9 Å². The van der Waals surface area contributed by atoms with E-state index < -0.39 is 0 Å². The molecule has 0 spiro atoms. The lowest BCUT2D eigenvalue weighted by molar-refractivity contribution is -0.0447. The molecule has 0 saturated carbocycles. The van der Waals surface area contributed by atoms with Gasteiger partial charge in [0.25, 0.3) is 0 Å². The molecule has 2 aromatic rings. The van der Waals surface area contributed by atoms with Crippen LogP contribution in [0, 0.1) is 0 Å². The predicted octanol–water partition coefficient (Wildman–Crippen LogP) is 4.00. The number of benzene rings is 1. The first-order chi connectivity index (χ1) is 10.2. The number of rotatable bonds is 4. The standard InChI is InChI=1S/C17H20N2O2/c1-3-17(4-2)16-12(11-20-17)6-5-7-14(16)21-15-9-8-13(18)10-19-15/h5-10H,3-4,11,18H2,1-2H3. The monoisotopic (exact) mass is 284 g/mol. The Hall–Kier alpha value is -2.07. The van der Waals surface area contributed by atoms with Gasteiger partial charge in [0.2, 0.25) is 5.88 Å². The molecule has 1 aliphatic heterocycles. The molecule has 1 aromatic carbocycles. The molecule has 0 radical (unpaired) electrons. The summed E-state index contributed by atoms with van der Waals surface area (Å²) in [5, 5.41) is 0. The predicted molar refractivity (Wildman–Crippen MR) is 82.2 cm³/mol. The zero-order valence-electron chi connectivity index (χ0n) is 12.4. The van der Waals surface area contributed by atoms with Gasteiger partial charge in [-0.1, -0.05) is 26.0 Å². The van der Waals surface area contributed by atoms with Crippen LogP contribution < -0.4 is 10.5 Å². The van der Waals surface area contributed by atoms with Gasteiger partial charge >= 0.3 is 0 Å². The SMILES string of the molecule is CCC1(CC)OCc2cccc(Oc3ccc(N)cn3)c21. The number of nitrogen functional groups attached to an aromatic ring is 1. The Bertz CT molecular complexity index is 634. The molecule has 0 fully saturated rings. The van der Waals surface area contributed by atoms with E-state index in [2.05, 4.69) is 24.9 Å². The van der Waals surface area contributed by atoms with Crippen molar-refractivity contribution in [2.24, 2.45) is 0 Å². The van der Waals surface area contributed by atoms with Gasteiger partial charge in [-0.15, -0.1) is 0 Å².